The number of halogens is 2. The van der Waals surface area contributed by atoms with Crippen molar-refractivity contribution in [2.75, 3.05) is 0 Å². The summed E-state index contributed by atoms with van der Waals surface area (Å²) in [6.45, 7) is 3.51. The fourth-order valence-corrected chi connectivity index (χ4v) is 0.829. The number of hydrogen-bond donors (Lipinski definition) is 0. The van der Waals surface area contributed by atoms with Gasteiger partial charge in [-0.05, 0) is 26.0 Å². The van der Waals surface area contributed by atoms with E-state index in [1.165, 1.54) is 12.1 Å². The molecule has 0 heterocycles. The third-order valence-electron chi connectivity index (χ3n) is 1.28. The molecule has 1 aromatic carbocycles. The van der Waals surface area contributed by atoms with Crippen LogP contribution in [0.15, 0.2) is 18.2 Å². The maximum Gasteiger partial charge on any atom is 0.200 e. The zero-order valence-electron chi connectivity index (χ0n) is 6.97. The molecule has 12 heavy (non-hydrogen) atoms. The van der Waals surface area contributed by atoms with Gasteiger partial charge >= 0.3 is 0 Å². The summed E-state index contributed by atoms with van der Waals surface area (Å²) in [4.78, 5) is 0. The Bertz CT molecular complexity index is 271. The van der Waals surface area contributed by atoms with Crippen LogP contribution in [-0.2, 0) is 0 Å². The van der Waals surface area contributed by atoms with Crippen molar-refractivity contribution >= 4 is 0 Å². The van der Waals surface area contributed by atoms with Crippen molar-refractivity contribution in [2.24, 2.45) is 0 Å². The van der Waals surface area contributed by atoms with Gasteiger partial charge in [0.1, 0.15) is 0 Å². The summed E-state index contributed by atoms with van der Waals surface area (Å²) >= 11 is 0. The van der Waals surface area contributed by atoms with E-state index in [0.29, 0.717) is 0 Å². The van der Waals surface area contributed by atoms with E-state index in [2.05, 4.69) is 0 Å². The monoisotopic (exact) mass is 172 g/mol. The zero-order chi connectivity index (χ0) is 9.14. The molecule has 0 fully saturated rings. The lowest BCUT2D eigenvalue weighted by molar-refractivity contribution is 0.228. The molecule has 0 spiro atoms. The van der Waals surface area contributed by atoms with Gasteiger partial charge in [0.05, 0.1) is 6.10 Å². The number of benzene rings is 1. The Morgan fingerprint density at radius 2 is 1.92 bits per heavy atom. The van der Waals surface area contributed by atoms with Gasteiger partial charge in [-0.15, -0.1) is 0 Å². The van der Waals surface area contributed by atoms with Crippen LogP contribution < -0.4 is 4.74 Å². The predicted molar refractivity (Wildman–Crippen MR) is 42.1 cm³/mol. The molecule has 0 N–H and O–H groups in total. The van der Waals surface area contributed by atoms with E-state index in [1.54, 1.807) is 13.8 Å². The lowest BCUT2D eigenvalue weighted by atomic mass is 10.3. The first kappa shape index (κ1) is 8.97. The third-order valence-corrected chi connectivity index (χ3v) is 1.28. The van der Waals surface area contributed by atoms with E-state index in [4.69, 9.17) is 4.74 Å². The number of hydrogen-bond acceptors (Lipinski definition) is 1. The quantitative estimate of drug-likeness (QED) is 0.666. The topological polar surface area (TPSA) is 9.23 Å². The molecule has 0 saturated heterocycles. The second-order valence-corrected chi connectivity index (χ2v) is 2.72. The molecule has 0 saturated carbocycles. The molecule has 0 amide bonds. The molecule has 0 atom stereocenters. The van der Waals surface area contributed by atoms with Crippen LogP contribution in [0.3, 0.4) is 0 Å². The first-order chi connectivity index (χ1) is 5.61. The minimum Gasteiger partial charge on any atom is -0.488 e. The Morgan fingerprint density at radius 1 is 1.25 bits per heavy atom. The fraction of sp³-hybridized carbons (Fsp3) is 0.333. The molecule has 0 aromatic heterocycles. The lowest BCUT2D eigenvalue weighted by Crippen LogP contribution is -2.07. The van der Waals surface area contributed by atoms with Gasteiger partial charge < -0.3 is 4.74 Å². The van der Waals surface area contributed by atoms with Crippen molar-refractivity contribution in [3.05, 3.63) is 29.8 Å². The second kappa shape index (κ2) is 3.52. The van der Waals surface area contributed by atoms with Gasteiger partial charge in [0.15, 0.2) is 11.6 Å². The van der Waals surface area contributed by atoms with Crippen LogP contribution in [0.2, 0.25) is 0 Å². The lowest BCUT2D eigenvalue weighted by Gasteiger charge is -2.09. The Morgan fingerprint density at radius 3 is 2.50 bits per heavy atom. The van der Waals surface area contributed by atoms with Crippen LogP contribution in [0.1, 0.15) is 13.8 Å². The predicted octanol–water partition coefficient (Wildman–Crippen LogP) is 2.75. The summed E-state index contributed by atoms with van der Waals surface area (Å²) in [5.41, 5.74) is 0. The van der Waals surface area contributed by atoms with Crippen LogP contribution in [0.25, 0.3) is 0 Å². The fourth-order valence-electron chi connectivity index (χ4n) is 0.829. The average Bonchev–Trinajstić information content (AvgIpc) is 1.98. The van der Waals surface area contributed by atoms with Crippen LogP contribution in [0, 0.1) is 11.6 Å². The zero-order valence-corrected chi connectivity index (χ0v) is 6.97. The van der Waals surface area contributed by atoms with Crippen molar-refractivity contribution in [3.8, 4) is 5.75 Å². The molecule has 0 radical (unpaired) electrons. The highest BCUT2D eigenvalue weighted by Gasteiger charge is 2.09. The van der Waals surface area contributed by atoms with Gasteiger partial charge in [-0.3, -0.25) is 0 Å². The Balaban J connectivity index is 2.92. The van der Waals surface area contributed by atoms with Crippen LogP contribution in [0.5, 0.6) is 5.75 Å². The van der Waals surface area contributed by atoms with Gasteiger partial charge in [-0.2, -0.15) is 4.39 Å². The average molecular weight is 172 g/mol. The van der Waals surface area contributed by atoms with Crippen molar-refractivity contribution in [1.29, 1.82) is 0 Å². The Labute approximate surface area is 70.0 Å². The molecule has 0 aliphatic carbocycles. The molecule has 0 aliphatic heterocycles. The standard InChI is InChI=1S/C9H10F2O/c1-6(2)12-8-5-3-4-7(10)9(8)11/h3-6H,1-2H3. The van der Waals surface area contributed by atoms with Crippen LogP contribution in [0.4, 0.5) is 8.78 Å². The van der Waals surface area contributed by atoms with Crippen LogP contribution >= 0.6 is 0 Å². The number of ether oxygens (including phenoxy) is 1. The van der Waals surface area contributed by atoms with E-state index in [1.807, 2.05) is 0 Å². The van der Waals surface area contributed by atoms with Crippen molar-refractivity contribution in [1.82, 2.24) is 0 Å². The Kier molecular flexibility index (Phi) is 2.63. The highest BCUT2D eigenvalue weighted by atomic mass is 19.2. The maximum absolute atomic E-state index is 12.9. The smallest absolute Gasteiger partial charge is 0.200 e. The molecule has 0 unspecified atom stereocenters. The minimum absolute atomic E-state index is 0.0370. The van der Waals surface area contributed by atoms with Crippen molar-refractivity contribution in [2.45, 2.75) is 20.0 Å². The van der Waals surface area contributed by atoms with E-state index >= 15 is 0 Å². The first-order valence-corrected chi connectivity index (χ1v) is 3.72. The third kappa shape index (κ3) is 1.94. The molecular weight excluding hydrogens is 162 g/mol. The maximum atomic E-state index is 12.9. The largest absolute Gasteiger partial charge is 0.488 e. The van der Waals surface area contributed by atoms with E-state index in [-0.39, 0.29) is 11.9 Å². The van der Waals surface area contributed by atoms with E-state index in [9.17, 15) is 8.78 Å². The second-order valence-electron chi connectivity index (χ2n) is 2.72. The summed E-state index contributed by atoms with van der Waals surface area (Å²) < 4.78 is 30.4. The summed E-state index contributed by atoms with van der Waals surface area (Å²) in [6.07, 6.45) is -0.152. The molecule has 1 nitrogen and oxygen atoms in total. The molecule has 0 bridgehead atoms. The van der Waals surface area contributed by atoms with E-state index in [0.717, 1.165) is 6.07 Å². The number of rotatable bonds is 2. The molecule has 3 heteroatoms. The minimum atomic E-state index is -0.925. The molecule has 1 rings (SSSR count). The van der Waals surface area contributed by atoms with Gasteiger partial charge in [0.25, 0.3) is 0 Å². The molecule has 1 aromatic rings. The summed E-state index contributed by atoms with van der Waals surface area (Å²) in [7, 11) is 0. The highest BCUT2D eigenvalue weighted by Crippen LogP contribution is 2.19. The van der Waals surface area contributed by atoms with Gasteiger partial charge in [0.2, 0.25) is 5.82 Å². The van der Waals surface area contributed by atoms with Gasteiger partial charge in [-0.25, -0.2) is 4.39 Å². The summed E-state index contributed by atoms with van der Waals surface area (Å²) in [5, 5.41) is 0. The van der Waals surface area contributed by atoms with Crippen molar-refractivity contribution < 1.29 is 13.5 Å². The molecule has 66 valence electrons. The molecule has 0 aliphatic rings. The van der Waals surface area contributed by atoms with E-state index < -0.39 is 11.6 Å². The highest BCUT2D eigenvalue weighted by molar-refractivity contribution is 5.25. The van der Waals surface area contributed by atoms with Crippen molar-refractivity contribution in [3.63, 3.8) is 0 Å². The Hall–Kier alpha value is -1.12. The normalized spacial score (nSPS) is 10.4. The summed E-state index contributed by atoms with van der Waals surface area (Å²) in [5.74, 6) is -1.84. The summed E-state index contributed by atoms with van der Waals surface area (Å²) in [6, 6.07) is 3.87. The SMILES string of the molecule is CC(C)Oc1cccc(F)c1F. The molecular formula is C9H10F2O. The van der Waals surface area contributed by atoms with Crippen LogP contribution in [-0.4, -0.2) is 6.10 Å². The first-order valence-electron chi connectivity index (χ1n) is 3.72. The van der Waals surface area contributed by atoms with Gasteiger partial charge in [-0.1, -0.05) is 6.07 Å². The van der Waals surface area contributed by atoms with Gasteiger partial charge in [0, 0.05) is 0 Å².